The minimum atomic E-state index is -0.900. The molecule has 0 aliphatic rings. The van der Waals surface area contributed by atoms with Gasteiger partial charge in [0, 0.05) is 13.2 Å². The number of carbonyl (C=O) groups is 1. The quantitative estimate of drug-likeness (QED) is 0.523. The molecular formula is C8H13NO3. The van der Waals surface area contributed by atoms with E-state index in [1.54, 1.807) is 4.90 Å². The van der Waals surface area contributed by atoms with Crippen molar-refractivity contribution in [3.05, 3.63) is 0 Å². The number of aliphatic carboxylic acids is 1. The molecule has 0 bridgehead atoms. The van der Waals surface area contributed by atoms with Crippen molar-refractivity contribution in [2.45, 2.75) is 6.42 Å². The van der Waals surface area contributed by atoms with Crippen molar-refractivity contribution in [3.63, 3.8) is 0 Å². The molecule has 0 atom stereocenters. The van der Waals surface area contributed by atoms with Crippen LogP contribution in [0, 0.1) is 12.3 Å². The second kappa shape index (κ2) is 6.65. The molecule has 0 aromatic carbocycles. The van der Waals surface area contributed by atoms with E-state index in [4.69, 9.17) is 16.6 Å². The van der Waals surface area contributed by atoms with Gasteiger partial charge in [-0.1, -0.05) is 5.92 Å². The highest BCUT2D eigenvalue weighted by atomic mass is 16.4. The fourth-order valence-electron chi connectivity index (χ4n) is 0.829. The first-order valence-electron chi connectivity index (χ1n) is 3.69. The van der Waals surface area contributed by atoms with E-state index in [-0.39, 0.29) is 13.2 Å². The van der Waals surface area contributed by atoms with Crippen LogP contribution in [0.4, 0.5) is 0 Å². The number of aliphatic hydroxyl groups excluding tert-OH is 1. The number of aliphatic hydroxyl groups is 1. The molecule has 12 heavy (non-hydrogen) atoms. The van der Waals surface area contributed by atoms with Gasteiger partial charge in [0.15, 0.2) is 0 Å². The molecule has 2 N–H and O–H groups in total. The van der Waals surface area contributed by atoms with Gasteiger partial charge in [-0.3, -0.25) is 9.69 Å². The molecule has 0 amide bonds. The average Bonchev–Trinajstić information content (AvgIpc) is 2.00. The molecular weight excluding hydrogens is 158 g/mol. The van der Waals surface area contributed by atoms with Crippen molar-refractivity contribution in [1.29, 1.82) is 0 Å². The normalized spacial score (nSPS) is 9.75. The van der Waals surface area contributed by atoms with Gasteiger partial charge < -0.3 is 10.2 Å². The first-order chi connectivity index (χ1) is 5.70. The average molecular weight is 171 g/mol. The summed E-state index contributed by atoms with van der Waals surface area (Å²) >= 11 is 0. The van der Waals surface area contributed by atoms with E-state index in [2.05, 4.69) is 5.92 Å². The number of hydrogen-bond acceptors (Lipinski definition) is 3. The Kier molecular flexibility index (Phi) is 6.07. The third kappa shape index (κ3) is 5.71. The maximum atomic E-state index is 10.3. The molecule has 68 valence electrons. The molecule has 0 aromatic heterocycles. The topological polar surface area (TPSA) is 60.8 Å². The SMILES string of the molecule is C#CCN(CCCO)CC(=O)O. The maximum Gasteiger partial charge on any atom is 0.317 e. The summed E-state index contributed by atoms with van der Waals surface area (Å²) in [7, 11) is 0. The van der Waals surface area contributed by atoms with Crippen molar-refractivity contribution >= 4 is 5.97 Å². The fraction of sp³-hybridized carbons (Fsp3) is 0.625. The van der Waals surface area contributed by atoms with Crippen LogP contribution in [0.25, 0.3) is 0 Å². The van der Waals surface area contributed by atoms with Gasteiger partial charge in [0.2, 0.25) is 0 Å². The van der Waals surface area contributed by atoms with Gasteiger partial charge in [0.1, 0.15) is 0 Å². The molecule has 0 unspecified atom stereocenters. The molecule has 0 radical (unpaired) electrons. The van der Waals surface area contributed by atoms with Crippen LogP contribution >= 0.6 is 0 Å². The minimum Gasteiger partial charge on any atom is -0.480 e. The van der Waals surface area contributed by atoms with Crippen LogP contribution in [0.1, 0.15) is 6.42 Å². The fourth-order valence-corrected chi connectivity index (χ4v) is 0.829. The first kappa shape index (κ1) is 11.0. The van der Waals surface area contributed by atoms with Crippen LogP contribution < -0.4 is 0 Å². The molecule has 0 saturated carbocycles. The van der Waals surface area contributed by atoms with E-state index in [0.29, 0.717) is 19.5 Å². The van der Waals surface area contributed by atoms with Gasteiger partial charge in [-0.15, -0.1) is 6.42 Å². The number of hydrogen-bond donors (Lipinski definition) is 2. The van der Waals surface area contributed by atoms with Gasteiger partial charge in [-0.25, -0.2) is 0 Å². The van der Waals surface area contributed by atoms with Gasteiger partial charge in [-0.05, 0) is 6.42 Å². The largest absolute Gasteiger partial charge is 0.480 e. The summed E-state index contributed by atoms with van der Waals surface area (Å²) in [6.07, 6.45) is 5.58. The lowest BCUT2D eigenvalue weighted by molar-refractivity contribution is -0.138. The van der Waals surface area contributed by atoms with E-state index < -0.39 is 5.97 Å². The molecule has 0 aromatic rings. The van der Waals surface area contributed by atoms with E-state index >= 15 is 0 Å². The predicted octanol–water partition coefficient (Wildman–Crippen LogP) is -0.611. The van der Waals surface area contributed by atoms with Gasteiger partial charge in [0.25, 0.3) is 0 Å². The van der Waals surface area contributed by atoms with Crippen LogP contribution in [0.5, 0.6) is 0 Å². The third-order valence-electron chi connectivity index (χ3n) is 1.31. The molecule has 4 heteroatoms. The van der Waals surface area contributed by atoms with E-state index in [9.17, 15) is 4.79 Å². The molecule has 0 fully saturated rings. The van der Waals surface area contributed by atoms with E-state index in [1.165, 1.54) is 0 Å². The standard InChI is InChI=1S/C8H13NO3/c1-2-4-9(5-3-6-10)7-8(11)12/h1,10H,3-7H2,(H,11,12). The van der Waals surface area contributed by atoms with E-state index in [1.807, 2.05) is 0 Å². The molecule has 4 nitrogen and oxygen atoms in total. The van der Waals surface area contributed by atoms with Crippen LogP contribution in [0.3, 0.4) is 0 Å². The Balaban J connectivity index is 3.71. The van der Waals surface area contributed by atoms with Crippen molar-refractivity contribution in [2.75, 3.05) is 26.2 Å². The van der Waals surface area contributed by atoms with Crippen molar-refractivity contribution in [1.82, 2.24) is 4.90 Å². The Labute approximate surface area is 71.8 Å². The monoisotopic (exact) mass is 171 g/mol. The van der Waals surface area contributed by atoms with Crippen molar-refractivity contribution in [3.8, 4) is 12.3 Å². The van der Waals surface area contributed by atoms with Crippen molar-refractivity contribution < 1.29 is 15.0 Å². The summed E-state index contributed by atoms with van der Waals surface area (Å²) in [4.78, 5) is 11.9. The zero-order chi connectivity index (χ0) is 9.40. The molecule has 0 spiro atoms. The number of rotatable bonds is 6. The minimum absolute atomic E-state index is 0.0562. The summed E-state index contributed by atoms with van der Waals surface area (Å²) in [6.45, 7) is 0.824. The van der Waals surface area contributed by atoms with Gasteiger partial charge >= 0.3 is 5.97 Å². The highest BCUT2D eigenvalue weighted by Gasteiger charge is 2.06. The number of terminal acetylenes is 1. The van der Waals surface area contributed by atoms with Gasteiger partial charge in [-0.2, -0.15) is 0 Å². The van der Waals surface area contributed by atoms with E-state index in [0.717, 1.165) is 0 Å². The first-order valence-corrected chi connectivity index (χ1v) is 3.69. The Morgan fingerprint density at radius 1 is 1.58 bits per heavy atom. The number of carboxylic acids is 1. The Hall–Kier alpha value is -1.05. The molecule has 0 rings (SSSR count). The zero-order valence-electron chi connectivity index (χ0n) is 6.86. The van der Waals surface area contributed by atoms with Crippen LogP contribution in [0.2, 0.25) is 0 Å². The predicted molar refractivity (Wildman–Crippen MR) is 44.6 cm³/mol. The summed E-state index contributed by atoms with van der Waals surface area (Å²) < 4.78 is 0. The van der Waals surface area contributed by atoms with Crippen LogP contribution in [-0.2, 0) is 4.79 Å². The maximum absolute atomic E-state index is 10.3. The smallest absolute Gasteiger partial charge is 0.317 e. The lowest BCUT2D eigenvalue weighted by Gasteiger charge is -2.15. The van der Waals surface area contributed by atoms with Crippen LogP contribution in [0.15, 0.2) is 0 Å². The van der Waals surface area contributed by atoms with Gasteiger partial charge in [0.05, 0.1) is 13.1 Å². The summed E-state index contributed by atoms with van der Waals surface area (Å²) in [5, 5.41) is 16.9. The Morgan fingerprint density at radius 2 is 2.25 bits per heavy atom. The summed E-state index contributed by atoms with van der Waals surface area (Å²) in [6, 6.07) is 0. The Morgan fingerprint density at radius 3 is 2.67 bits per heavy atom. The van der Waals surface area contributed by atoms with Crippen LogP contribution in [-0.4, -0.2) is 47.3 Å². The third-order valence-corrected chi connectivity index (χ3v) is 1.31. The summed E-state index contributed by atoms with van der Waals surface area (Å²) in [5.41, 5.74) is 0. The second-order valence-corrected chi connectivity index (χ2v) is 2.39. The number of nitrogens with zero attached hydrogens (tertiary/aromatic N) is 1. The van der Waals surface area contributed by atoms with Crippen molar-refractivity contribution in [2.24, 2.45) is 0 Å². The Bertz CT molecular complexity index is 174. The lowest BCUT2D eigenvalue weighted by Crippen LogP contribution is -2.31. The summed E-state index contributed by atoms with van der Waals surface area (Å²) in [5.74, 6) is 1.46. The highest BCUT2D eigenvalue weighted by Crippen LogP contribution is 1.89. The molecule has 0 aliphatic carbocycles. The highest BCUT2D eigenvalue weighted by molar-refractivity contribution is 5.69. The lowest BCUT2D eigenvalue weighted by atomic mass is 10.4. The molecule has 0 saturated heterocycles. The molecule has 0 heterocycles. The second-order valence-electron chi connectivity index (χ2n) is 2.39. The number of carboxylic acid groups (broad SMARTS) is 1. The zero-order valence-corrected chi connectivity index (χ0v) is 6.86. The molecule has 0 aliphatic heterocycles.